The standard InChI is InChI=1S/C19H18ClN7O5/c1-30-19-23-17(22-18(24-19)26-6-8-31-9-7-26)25-21-11-13-3-5-16(32-13)14-4-2-12(27(28)29)10-15(14)20/h2-5,10-11H,6-9H2,1H3,(H,22,23,24,25)/b21-11+. The van der Waals surface area contributed by atoms with Gasteiger partial charge in [0.2, 0.25) is 5.95 Å². The van der Waals surface area contributed by atoms with Gasteiger partial charge in [-0.2, -0.15) is 20.1 Å². The number of methoxy groups -OCH3 is 1. The van der Waals surface area contributed by atoms with Crippen LogP contribution in [0.5, 0.6) is 6.01 Å². The lowest BCUT2D eigenvalue weighted by molar-refractivity contribution is -0.384. The van der Waals surface area contributed by atoms with Crippen LogP contribution in [0.3, 0.4) is 0 Å². The van der Waals surface area contributed by atoms with Crippen molar-refractivity contribution in [2.24, 2.45) is 5.10 Å². The molecule has 0 unspecified atom stereocenters. The minimum Gasteiger partial charge on any atom is -0.467 e. The Bertz CT molecular complexity index is 1150. The first-order valence-corrected chi connectivity index (χ1v) is 9.87. The molecule has 1 N–H and O–H groups in total. The first kappa shape index (κ1) is 21.5. The van der Waals surface area contributed by atoms with E-state index in [9.17, 15) is 10.1 Å². The lowest BCUT2D eigenvalue weighted by Gasteiger charge is -2.26. The van der Waals surface area contributed by atoms with Crippen molar-refractivity contribution in [3.8, 4) is 17.3 Å². The quantitative estimate of drug-likeness (QED) is 0.318. The van der Waals surface area contributed by atoms with E-state index in [0.29, 0.717) is 49.3 Å². The number of halogens is 1. The molecule has 0 aliphatic carbocycles. The molecule has 3 aromatic rings. The Morgan fingerprint density at radius 2 is 2.06 bits per heavy atom. The van der Waals surface area contributed by atoms with Crippen LogP contribution in [-0.4, -0.2) is 59.5 Å². The predicted molar refractivity (Wildman–Crippen MR) is 116 cm³/mol. The number of nitrogens with one attached hydrogen (secondary N) is 1. The minimum absolute atomic E-state index is 0.0967. The number of aromatic nitrogens is 3. The molecule has 0 saturated carbocycles. The van der Waals surface area contributed by atoms with Crippen LogP contribution >= 0.6 is 11.6 Å². The van der Waals surface area contributed by atoms with Gasteiger partial charge in [0.05, 0.1) is 36.5 Å². The van der Waals surface area contributed by atoms with Crippen LogP contribution in [0.2, 0.25) is 5.02 Å². The number of nitro benzene ring substituents is 1. The second-order valence-electron chi connectivity index (χ2n) is 6.54. The zero-order valence-corrected chi connectivity index (χ0v) is 17.7. The molecule has 1 aliphatic rings. The molecular formula is C19H18ClN7O5. The van der Waals surface area contributed by atoms with E-state index < -0.39 is 4.92 Å². The van der Waals surface area contributed by atoms with Crippen LogP contribution in [-0.2, 0) is 4.74 Å². The molecular weight excluding hydrogens is 442 g/mol. The molecule has 0 spiro atoms. The predicted octanol–water partition coefficient (Wildman–Crippen LogP) is 2.98. The fourth-order valence-electron chi connectivity index (χ4n) is 2.93. The molecule has 12 nitrogen and oxygen atoms in total. The van der Waals surface area contributed by atoms with Gasteiger partial charge in [0, 0.05) is 30.8 Å². The van der Waals surface area contributed by atoms with E-state index in [1.165, 1.54) is 31.5 Å². The Balaban J connectivity index is 1.47. The molecule has 32 heavy (non-hydrogen) atoms. The first-order valence-electron chi connectivity index (χ1n) is 9.49. The summed E-state index contributed by atoms with van der Waals surface area (Å²) in [5.41, 5.74) is 3.17. The monoisotopic (exact) mass is 459 g/mol. The number of morpholine rings is 1. The highest BCUT2D eigenvalue weighted by molar-refractivity contribution is 6.33. The molecule has 166 valence electrons. The van der Waals surface area contributed by atoms with Crippen molar-refractivity contribution in [3.63, 3.8) is 0 Å². The maximum Gasteiger partial charge on any atom is 0.322 e. The van der Waals surface area contributed by atoms with Crippen molar-refractivity contribution in [2.45, 2.75) is 0 Å². The van der Waals surface area contributed by atoms with Gasteiger partial charge in [-0.05, 0) is 18.2 Å². The number of hydrogen-bond donors (Lipinski definition) is 1. The van der Waals surface area contributed by atoms with Crippen molar-refractivity contribution in [3.05, 3.63) is 51.2 Å². The summed E-state index contributed by atoms with van der Waals surface area (Å²) in [6, 6.07) is 7.70. The zero-order valence-electron chi connectivity index (χ0n) is 16.9. The molecule has 0 amide bonds. The van der Waals surface area contributed by atoms with Gasteiger partial charge in [-0.3, -0.25) is 10.1 Å². The third-order valence-corrected chi connectivity index (χ3v) is 4.80. The number of nitro groups is 1. The van der Waals surface area contributed by atoms with Crippen molar-refractivity contribution in [1.29, 1.82) is 0 Å². The SMILES string of the molecule is COc1nc(N/N=C/c2ccc(-c3ccc([N+](=O)[O-])cc3Cl)o2)nc(N2CCOCC2)n1. The third kappa shape index (κ3) is 4.92. The van der Waals surface area contributed by atoms with E-state index in [1.54, 1.807) is 12.1 Å². The van der Waals surface area contributed by atoms with E-state index in [1.807, 2.05) is 4.90 Å². The Morgan fingerprint density at radius 3 is 2.78 bits per heavy atom. The summed E-state index contributed by atoms with van der Waals surface area (Å²) in [5, 5.41) is 15.2. The summed E-state index contributed by atoms with van der Waals surface area (Å²) >= 11 is 6.15. The molecule has 0 radical (unpaired) electrons. The van der Waals surface area contributed by atoms with Gasteiger partial charge in [-0.1, -0.05) is 11.6 Å². The summed E-state index contributed by atoms with van der Waals surface area (Å²) in [6.07, 6.45) is 1.44. The molecule has 2 aromatic heterocycles. The normalized spacial score (nSPS) is 14.0. The molecule has 4 rings (SSSR count). The summed E-state index contributed by atoms with van der Waals surface area (Å²) in [4.78, 5) is 25.1. The van der Waals surface area contributed by atoms with Gasteiger partial charge in [0.15, 0.2) is 0 Å². The maximum atomic E-state index is 10.9. The number of hydrazone groups is 1. The van der Waals surface area contributed by atoms with Crippen molar-refractivity contribution in [2.75, 3.05) is 43.7 Å². The Kier molecular flexibility index (Phi) is 6.42. The number of ether oxygens (including phenoxy) is 2. The maximum absolute atomic E-state index is 10.9. The molecule has 3 heterocycles. The van der Waals surface area contributed by atoms with Crippen molar-refractivity contribution < 1.29 is 18.8 Å². The minimum atomic E-state index is -0.512. The topological polar surface area (TPSA) is 141 Å². The summed E-state index contributed by atoms with van der Waals surface area (Å²) < 4.78 is 16.2. The van der Waals surface area contributed by atoms with Crippen LogP contribution in [0.25, 0.3) is 11.3 Å². The number of anilines is 2. The van der Waals surface area contributed by atoms with E-state index in [4.69, 9.17) is 25.5 Å². The van der Waals surface area contributed by atoms with Crippen molar-refractivity contribution in [1.82, 2.24) is 15.0 Å². The summed E-state index contributed by atoms with van der Waals surface area (Å²) in [7, 11) is 1.47. The van der Waals surface area contributed by atoms with Gasteiger partial charge >= 0.3 is 6.01 Å². The second-order valence-corrected chi connectivity index (χ2v) is 6.95. The average molecular weight is 460 g/mol. The van der Waals surface area contributed by atoms with Crippen LogP contribution < -0.4 is 15.1 Å². The zero-order chi connectivity index (χ0) is 22.5. The lowest BCUT2D eigenvalue weighted by Crippen LogP contribution is -2.37. The highest BCUT2D eigenvalue weighted by Crippen LogP contribution is 2.32. The largest absolute Gasteiger partial charge is 0.467 e. The highest BCUT2D eigenvalue weighted by Gasteiger charge is 2.17. The number of benzene rings is 1. The molecule has 1 aromatic carbocycles. The number of rotatable bonds is 7. The Hall–Kier alpha value is -3.77. The summed E-state index contributed by atoms with van der Waals surface area (Å²) in [5.74, 6) is 1.55. The molecule has 1 aliphatic heterocycles. The van der Waals surface area contributed by atoms with Gasteiger partial charge in [-0.15, -0.1) is 0 Å². The van der Waals surface area contributed by atoms with Gasteiger partial charge < -0.3 is 18.8 Å². The lowest BCUT2D eigenvalue weighted by atomic mass is 10.1. The van der Waals surface area contributed by atoms with Gasteiger partial charge in [0.25, 0.3) is 11.6 Å². The fraction of sp³-hybridized carbons (Fsp3) is 0.263. The number of hydrogen-bond acceptors (Lipinski definition) is 11. The van der Waals surface area contributed by atoms with Crippen LogP contribution in [0.15, 0.2) is 39.9 Å². The van der Waals surface area contributed by atoms with E-state index in [0.717, 1.165) is 0 Å². The van der Waals surface area contributed by atoms with Crippen LogP contribution in [0.1, 0.15) is 5.76 Å². The van der Waals surface area contributed by atoms with Crippen molar-refractivity contribution >= 4 is 35.4 Å². The van der Waals surface area contributed by atoms with Gasteiger partial charge in [-0.25, -0.2) is 5.43 Å². The summed E-state index contributed by atoms with van der Waals surface area (Å²) in [6.45, 7) is 2.51. The van der Waals surface area contributed by atoms with Gasteiger partial charge in [0.1, 0.15) is 11.5 Å². The molecule has 13 heteroatoms. The number of non-ortho nitro benzene ring substituents is 1. The smallest absolute Gasteiger partial charge is 0.322 e. The van der Waals surface area contributed by atoms with E-state index in [-0.39, 0.29) is 22.7 Å². The molecule has 0 atom stereocenters. The second kappa shape index (κ2) is 9.58. The Morgan fingerprint density at radius 1 is 1.25 bits per heavy atom. The number of furan rings is 1. The molecule has 1 fully saturated rings. The average Bonchev–Trinajstić information content (AvgIpc) is 3.28. The third-order valence-electron chi connectivity index (χ3n) is 4.49. The fourth-order valence-corrected chi connectivity index (χ4v) is 3.20. The van der Waals surface area contributed by atoms with E-state index >= 15 is 0 Å². The number of nitrogens with zero attached hydrogens (tertiary/aromatic N) is 6. The van der Waals surface area contributed by atoms with E-state index in [2.05, 4.69) is 25.5 Å². The van der Waals surface area contributed by atoms with Crippen LogP contribution in [0.4, 0.5) is 17.6 Å². The Labute approximate surface area is 187 Å². The first-order chi connectivity index (χ1) is 15.5. The van der Waals surface area contributed by atoms with Crippen LogP contribution in [0, 0.1) is 10.1 Å². The molecule has 1 saturated heterocycles. The highest BCUT2D eigenvalue weighted by atomic mass is 35.5. The molecule has 0 bridgehead atoms.